The van der Waals surface area contributed by atoms with E-state index >= 15 is 0 Å². The second kappa shape index (κ2) is 84.1. The molecular formula is C99H180N9O36P. The van der Waals surface area contributed by atoms with Crippen LogP contribution in [0.15, 0.2) is 0 Å². The number of nitrogens with zero attached hydrogens (tertiary/aromatic N) is 2. The molecule has 0 aliphatic carbocycles. The van der Waals surface area contributed by atoms with Crippen molar-refractivity contribution in [1.29, 1.82) is 5.26 Å². The molecule has 0 saturated carbocycles. The van der Waals surface area contributed by atoms with Gasteiger partial charge < -0.3 is 148 Å². The highest BCUT2D eigenvalue weighted by Crippen LogP contribution is 2.46. The summed E-state index contributed by atoms with van der Waals surface area (Å²) >= 11 is 0. The van der Waals surface area contributed by atoms with Gasteiger partial charge in [-0.25, -0.2) is 4.67 Å². The van der Waals surface area contributed by atoms with Crippen LogP contribution in [0.2, 0.25) is 0 Å². The Morgan fingerprint density at radius 2 is 0.710 bits per heavy atom. The van der Waals surface area contributed by atoms with Gasteiger partial charge in [0.25, 0.3) is 8.53 Å². The van der Waals surface area contributed by atoms with Crippen LogP contribution in [0, 0.1) is 35.0 Å². The molecule has 6 amide bonds. The molecular weight excluding hydrogens is 1920 g/mol. The summed E-state index contributed by atoms with van der Waals surface area (Å²) in [5.41, 5.74) is 5.25. The Labute approximate surface area is 859 Å². The number of nitriles is 1. The lowest BCUT2D eigenvalue weighted by Gasteiger charge is -2.44. The van der Waals surface area contributed by atoms with Crippen LogP contribution in [0.25, 0.3) is 0 Å². The maximum absolute atomic E-state index is 12.3. The smallest absolute Gasteiger partial charge is 0.303 e. The van der Waals surface area contributed by atoms with Crippen molar-refractivity contribution in [2.24, 2.45) is 29.4 Å². The first-order chi connectivity index (χ1) is 69.0. The number of amides is 6. The zero-order valence-electron chi connectivity index (χ0n) is 89.4. The Bertz CT molecular complexity index is 3580. The number of carbonyl (C=O) groups is 13. The number of hydrogen-bond acceptors (Lipinski definition) is 38. The van der Waals surface area contributed by atoms with E-state index in [9.17, 15) is 72.5 Å². The molecule has 842 valence electrons. The van der Waals surface area contributed by atoms with Crippen LogP contribution in [0.4, 0.5) is 0 Å². The van der Waals surface area contributed by atoms with Crippen molar-refractivity contribution in [3.63, 3.8) is 0 Å². The molecule has 0 aromatic rings. The van der Waals surface area contributed by atoms with E-state index in [-0.39, 0.29) is 117 Å². The number of methoxy groups -OCH3 is 1. The molecule has 0 bridgehead atoms. The summed E-state index contributed by atoms with van der Waals surface area (Å²) in [7, 11) is 0.302. The molecule has 4 fully saturated rings. The van der Waals surface area contributed by atoms with E-state index in [0.29, 0.717) is 124 Å². The van der Waals surface area contributed by atoms with Crippen LogP contribution in [0.5, 0.6) is 0 Å². The third kappa shape index (κ3) is 65.1. The molecule has 4 rings (SSSR count). The number of aliphatic hydroxyl groups is 5. The average Bonchev–Trinajstić information content (AvgIpc) is 0.810. The molecule has 18 unspecified atom stereocenters. The number of carboxylic acid groups (broad SMARTS) is 1. The maximum Gasteiger partial charge on any atom is 0.303 e. The summed E-state index contributed by atoms with van der Waals surface area (Å²) < 4.78 is 97.2. The molecule has 0 aromatic carbocycles. The van der Waals surface area contributed by atoms with Gasteiger partial charge in [0.1, 0.15) is 75.4 Å². The minimum atomic E-state index is -1.22. The first-order valence-electron chi connectivity index (χ1n) is 51.4. The molecule has 4 aliphatic rings. The number of esters is 6. The average molecular weight is 2100 g/mol. The molecule has 4 saturated heterocycles. The summed E-state index contributed by atoms with van der Waals surface area (Å²) in [5, 5.41) is 80.3. The second-order valence-corrected chi connectivity index (χ2v) is 38.2. The minimum Gasteiger partial charge on any atom is -0.481 e. The first-order valence-corrected chi connectivity index (χ1v) is 52.5. The second-order valence-electron chi connectivity index (χ2n) is 36.8. The Balaban J connectivity index is 0.00000192. The Morgan fingerprint density at radius 3 is 1.03 bits per heavy atom. The van der Waals surface area contributed by atoms with Crippen LogP contribution in [-0.4, -0.2) is 336 Å². The summed E-state index contributed by atoms with van der Waals surface area (Å²) in [6.45, 7) is 31.9. The van der Waals surface area contributed by atoms with Crippen LogP contribution in [-0.2, 0) is 142 Å². The number of hydrogen-bond donors (Lipinski definition) is 13. The molecule has 21 atom stereocenters. The molecule has 46 heteroatoms. The fourth-order valence-corrected chi connectivity index (χ4v) is 17.4. The van der Waals surface area contributed by atoms with Gasteiger partial charge in [0, 0.05) is 184 Å². The van der Waals surface area contributed by atoms with Crippen LogP contribution < -0.4 is 37.6 Å². The molecule has 0 aromatic heterocycles. The van der Waals surface area contributed by atoms with Crippen molar-refractivity contribution in [1.82, 2.24) is 36.6 Å². The first kappa shape index (κ1) is 137. The van der Waals surface area contributed by atoms with E-state index in [4.69, 9.17) is 112 Å². The zero-order valence-corrected chi connectivity index (χ0v) is 90.3. The van der Waals surface area contributed by atoms with Gasteiger partial charge in [-0.05, 0) is 124 Å². The third-order valence-electron chi connectivity index (χ3n) is 23.2. The zero-order chi connectivity index (χ0) is 109. The highest BCUT2D eigenvalue weighted by molar-refractivity contribution is 7.44. The molecule has 0 spiro atoms. The van der Waals surface area contributed by atoms with E-state index in [0.717, 1.165) is 122 Å². The Kier molecular flexibility index (Phi) is 79.6. The minimum absolute atomic E-state index is 0.0202. The molecule has 45 nitrogen and oxygen atoms in total. The quantitative estimate of drug-likeness (QED) is 0.00930. The summed E-state index contributed by atoms with van der Waals surface area (Å²) in [5.74, 6) is -6.17. The highest BCUT2D eigenvalue weighted by Gasteiger charge is 2.51. The monoisotopic (exact) mass is 2100 g/mol. The van der Waals surface area contributed by atoms with E-state index < -0.39 is 149 Å². The molecule has 14 N–H and O–H groups in total. The number of unbranched alkanes of at least 4 members (excludes halogenated alkanes) is 17. The number of nitrogens with one attached hydrogen (secondary N) is 6. The predicted molar refractivity (Wildman–Crippen MR) is 531 cm³/mol. The SMILES string of the molecule is CC(=O)NC1C(OCCCCCC(=O)NCCCCCCO)OC(COC(C)=O)C(OC(C)=O)C1C.CC(=O)NC1C(OCCCCCC(=O)NCCCCCCOP(OCCC#N)N(C(C)C)C(C)C)OC(COC(C)=O)C(OC(C)=O)C1C.CC(=O)NC1C(OCCCCCC(=O)O)OC(COC(C)=O)C(OC(C)=O)C1C.COCNC(=O)CCCCCO[C@@H]1OC(CO)[C@H](O)[C@H](O)C1C.NCCCCCCO. The van der Waals surface area contributed by atoms with Crippen molar-refractivity contribution in [3.05, 3.63) is 0 Å². The van der Waals surface area contributed by atoms with Crippen molar-refractivity contribution < 1.29 is 173 Å². The van der Waals surface area contributed by atoms with Gasteiger partial charge in [-0.3, -0.25) is 62.3 Å². The van der Waals surface area contributed by atoms with Gasteiger partial charge in [0.05, 0.1) is 56.5 Å². The largest absolute Gasteiger partial charge is 0.481 e. The highest BCUT2D eigenvalue weighted by atomic mass is 31.2. The van der Waals surface area contributed by atoms with E-state index in [1.54, 1.807) is 13.8 Å². The number of rotatable bonds is 68. The van der Waals surface area contributed by atoms with Gasteiger partial charge in [-0.2, -0.15) is 5.26 Å². The number of carboxylic acids is 1. The molecule has 145 heavy (non-hydrogen) atoms. The van der Waals surface area contributed by atoms with Gasteiger partial charge in [-0.15, -0.1) is 0 Å². The number of nitrogens with two attached hydrogens (primary N) is 1. The van der Waals surface area contributed by atoms with Crippen molar-refractivity contribution in [2.45, 2.75) is 414 Å². The van der Waals surface area contributed by atoms with Gasteiger partial charge in [-0.1, -0.05) is 91.9 Å². The summed E-state index contributed by atoms with van der Waals surface area (Å²) in [6.07, 6.45) is 11.5. The van der Waals surface area contributed by atoms with Crippen LogP contribution in [0.1, 0.15) is 304 Å². The fourth-order valence-electron chi connectivity index (χ4n) is 15.8. The van der Waals surface area contributed by atoms with E-state index in [2.05, 4.69) is 70.3 Å². The van der Waals surface area contributed by atoms with E-state index in [1.165, 1.54) is 69.4 Å². The summed E-state index contributed by atoms with van der Waals surface area (Å²) in [4.78, 5) is 150. The molecule has 4 aliphatic heterocycles. The molecule has 0 radical (unpaired) electrons. The fraction of sp³-hybridized carbons (Fsp3) is 0.859. The summed E-state index contributed by atoms with van der Waals surface area (Å²) in [6, 6.07) is 0.928. The van der Waals surface area contributed by atoms with Gasteiger partial charge in [0.2, 0.25) is 35.4 Å². The Hall–Kier alpha value is -7.69. The lowest BCUT2D eigenvalue weighted by molar-refractivity contribution is -0.282. The Morgan fingerprint density at radius 1 is 0.393 bits per heavy atom. The third-order valence-corrected chi connectivity index (χ3v) is 25.3. The molecule has 4 heterocycles. The number of aliphatic hydroxyl groups excluding tert-OH is 5. The topological polar surface area (TPSA) is 625 Å². The van der Waals surface area contributed by atoms with Crippen LogP contribution in [0.3, 0.4) is 0 Å². The number of aliphatic carboxylic acids is 1. The number of ether oxygens (including phenoxy) is 15. The van der Waals surface area contributed by atoms with Crippen molar-refractivity contribution in [2.75, 3.05) is 113 Å². The standard InChI is InChI=1S/C34H61N4O10P.C25H44N2O9.C19H31NO9.C15H29NO7.C6H15NO/c1-24(2)38(25(3)4)49(46-22-16-18-35)45-21-15-10-9-13-19-36-31(42)17-12-11-14-20-43-34-32(37-27(6)39)26(5)33(47-29(8)41)30(48-34)23-44-28(7)40;1-17-23(27-18(2)29)25(36-21(16-34-19(3)30)24(17)35-20(4)31)33-15-11-7-8-12-22(32)26-13-9-5-6-10-14-28;1-11-17(20-12(2)21)19(26-9-7-5-6-8-16(24)25)29-15(10-27-13(3)22)18(11)28-14(4)23;1-10-13(19)14(20)11(8-17)23-15(10)22-7-5-3-4-6-12(18)16-9-21-2;7-5-3-1-2-4-6-8/h24-26,30,32-34H,9-17,19-23H2,1-8H3,(H,36,42)(H,37,39);17,21,23-25,28H,5-16H2,1-4H3,(H,26,32)(H,27,29);11,15,17-19H,5-10H2,1-4H3,(H,20,21)(H,24,25);10-11,13-15,17,19-20H,3-9H2,1-2H3,(H,16,18);8H,1-7H2/t;;;10?,11?,13-,14+,15-;/m...1./s1. The predicted octanol–water partition coefficient (Wildman–Crippen LogP) is 7.35. The number of carbonyl (C=O) groups excluding carboxylic acids is 12. The van der Waals surface area contributed by atoms with Crippen molar-refractivity contribution >= 4 is 85.8 Å². The van der Waals surface area contributed by atoms with Crippen LogP contribution >= 0.6 is 8.53 Å². The maximum atomic E-state index is 12.3. The van der Waals surface area contributed by atoms with Gasteiger partial charge >= 0.3 is 41.8 Å². The lowest BCUT2D eigenvalue weighted by Crippen LogP contribution is -2.62. The van der Waals surface area contributed by atoms with E-state index in [1.807, 2.05) is 13.8 Å². The van der Waals surface area contributed by atoms with Gasteiger partial charge in [0.15, 0.2) is 25.2 Å². The normalized spacial score (nSPS) is 23.8. The van der Waals surface area contributed by atoms with Crippen molar-refractivity contribution in [3.8, 4) is 6.07 Å². The lowest BCUT2D eigenvalue weighted by atomic mass is 9.88.